The average molecular weight is 394 g/mol. The fraction of sp³-hybridized carbons (Fsp3) is 0.364. The molecule has 0 aliphatic heterocycles. The summed E-state index contributed by atoms with van der Waals surface area (Å²) in [7, 11) is 0. The molecule has 3 N–H and O–H groups in total. The predicted octanol–water partition coefficient (Wildman–Crippen LogP) is 3.52. The molecule has 1 aromatic carbocycles. The molecule has 152 valence electrons. The summed E-state index contributed by atoms with van der Waals surface area (Å²) < 4.78 is 0. The van der Waals surface area contributed by atoms with Crippen LogP contribution in [0.1, 0.15) is 58.4 Å². The van der Waals surface area contributed by atoms with Crippen molar-refractivity contribution in [3.05, 3.63) is 53.2 Å². The molecular weight excluding hydrogens is 368 g/mol. The van der Waals surface area contributed by atoms with Crippen LogP contribution < -0.4 is 16.0 Å². The molecule has 0 radical (unpaired) electrons. The van der Waals surface area contributed by atoms with Gasteiger partial charge in [0.1, 0.15) is 5.82 Å². The number of aromatic nitrogens is 1. The summed E-state index contributed by atoms with van der Waals surface area (Å²) in [5.41, 5.74) is 2.17. The van der Waals surface area contributed by atoms with Gasteiger partial charge < -0.3 is 16.0 Å². The number of benzene rings is 1. The van der Waals surface area contributed by atoms with Gasteiger partial charge in [0, 0.05) is 17.7 Å². The van der Waals surface area contributed by atoms with Crippen molar-refractivity contribution in [2.24, 2.45) is 5.92 Å². The Kier molecular flexibility index (Phi) is 6.94. The van der Waals surface area contributed by atoms with Gasteiger partial charge in [-0.25, -0.2) is 4.98 Å². The predicted molar refractivity (Wildman–Crippen MR) is 112 cm³/mol. The van der Waals surface area contributed by atoms with Crippen LogP contribution in [0.3, 0.4) is 0 Å². The van der Waals surface area contributed by atoms with Gasteiger partial charge in [0.25, 0.3) is 11.8 Å². The van der Waals surface area contributed by atoms with Crippen molar-refractivity contribution >= 4 is 29.7 Å². The maximum absolute atomic E-state index is 12.7. The number of rotatable bonds is 8. The third-order valence-corrected chi connectivity index (χ3v) is 5.29. The number of nitrogens with one attached hydrogen (secondary N) is 3. The van der Waals surface area contributed by atoms with Gasteiger partial charge >= 0.3 is 0 Å². The molecule has 1 heterocycles. The number of hydrogen-bond acceptors (Lipinski definition) is 4. The normalized spacial score (nSPS) is 13.7. The first-order valence-electron chi connectivity index (χ1n) is 9.93. The van der Waals surface area contributed by atoms with E-state index < -0.39 is 0 Å². The summed E-state index contributed by atoms with van der Waals surface area (Å²) in [5, 5.41) is 8.16. The molecule has 29 heavy (non-hydrogen) atoms. The molecule has 3 amide bonds. The Bertz CT molecular complexity index is 874. The first-order chi connectivity index (χ1) is 14.1. The minimum absolute atomic E-state index is 0.164. The molecule has 1 fully saturated rings. The van der Waals surface area contributed by atoms with Gasteiger partial charge in [0.05, 0.1) is 11.9 Å². The Hall–Kier alpha value is -3.22. The largest absolute Gasteiger partial charge is 0.352 e. The molecule has 1 aliphatic rings. The van der Waals surface area contributed by atoms with E-state index in [0.29, 0.717) is 35.6 Å². The number of aryl methyl sites for hydroxylation is 1. The van der Waals surface area contributed by atoms with Gasteiger partial charge in [-0.3, -0.25) is 14.4 Å². The number of carbonyl (C=O) groups excluding carboxylic acids is 3. The van der Waals surface area contributed by atoms with E-state index in [4.69, 9.17) is 0 Å². The second kappa shape index (κ2) is 9.82. The third-order valence-electron chi connectivity index (χ3n) is 5.29. The van der Waals surface area contributed by atoms with Crippen LogP contribution in [-0.4, -0.2) is 29.8 Å². The average Bonchev–Trinajstić information content (AvgIpc) is 3.23. The highest BCUT2D eigenvalue weighted by Crippen LogP contribution is 2.27. The van der Waals surface area contributed by atoms with E-state index >= 15 is 0 Å². The van der Waals surface area contributed by atoms with E-state index in [9.17, 15) is 14.4 Å². The standard InChI is InChI=1S/C22H26N4O3/c1-15-6-7-17(21(28)23-11-10-16-4-2-3-5-16)12-19(15)22(29)26-18-8-9-20(24-13-18)25-14-27/h6-9,12-14,16H,2-5,10-11H2,1H3,(H,23,28)(H,26,29)(H,24,25,27). The number of amides is 3. The highest BCUT2D eigenvalue weighted by atomic mass is 16.2. The van der Waals surface area contributed by atoms with Gasteiger partial charge in [-0.1, -0.05) is 31.7 Å². The van der Waals surface area contributed by atoms with Crippen molar-refractivity contribution in [3.63, 3.8) is 0 Å². The van der Waals surface area contributed by atoms with Crippen molar-refractivity contribution in [1.29, 1.82) is 0 Å². The van der Waals surface area contributed by atoms with E-state index in [0.717, 1.165) is 17.9 Å². The number of hydrogen-bond donors (Lipinski definition) is 3. The molecule has 1 aliphatic carbocycles. The molecule has 0 spiro atoms. The zero-order valence-corrected chi connectivity index (χ0v) is 16.5. The lowest BCUT2D eigenvalue weighted by molar-refractivity contribution is -0.105. The molecule has 2 aromatic rings. The monoisotopic (exact) mass is 394 g/mol. The van der Waals surface area contributed by atoms with E-state index in [1.165, 1.54) is 31.9 Å². The van der Waals surface area contributed by atoms with E-state index in [-0.39, 0.29) is 11.8 Å². The van der Waals surface area contributed by atoms with Crippen molar-refractivity contribution < 1.29 is 14.4 Å². The fourth-order valence-corrected chi connectivity index (χ4v) is 3.61. The van der Waals surface area contributed by atoms with Gasteiger partial charge in [-0.2, -0.15) is 0 Å². The molecule has 0 atom stereocenters. The first kappa shape index (κ1) is 20.5. The minimum atomic E-state index is -0.319. The molecule has 1 saturated carbocycles. The van der Waals surface area contributed by atoms with Crippen molar-refractivity contribution in [1.82, 2.24) is 10.3 Å². The molecule has 3 rings (SSSR count). The number of nitrogens with zero attached hydrogens (tertiary/aromatic N) is 1. The lowest BCUT2D eigenvalue weighted by Gasteiger charge is -2.12. The van der Waals surface area contributed by atoms with Crippen LogP contribution >= 0.6 is 0 Å². The number of carbonyl (C=O) groups is 3. The van der Waals surface area contributed by atoms with E-state index in [1.807, 2.05) is 6.92 Å². The minimum Gasteiger partial charge on any atom is -0.352 e. The fourth-order valence-electron chi connectivity index (χ4n) is 3.61. The van der Waals surface area contributed by atoms with Crippen molar-refractivity contribution in [3.8, 4) is 0 Å². The maximum atomic E-state index is 12.7. The lowest BCUT2D eigenvalue weighted by atomic mass is 10.0. The summed E-state index contributed by atoms with van der Waals surface area (Å²) in [6.45, 7) is 2.48. The smallest absolute Gasteiger partial charge is 0.255 e. The Balaban J connectivity index is 1.61. The molecular formula is C22H26N4O3. The Labute approximate surface area is 170 Å². The van der Waals surface area contributed by atoms with Crippen LogP contribution in [0.4, 0.5) is 11.5 Å². The van der Waals surface area contributed by atoms with Gasteiger partial charge in [-0.15, -0.1) is 0 Å². The number of pyridine rings is 1. The molecule has 0 bridgehead atoms. The Morgan fingerprint density at radius 2 is 1.93 bits per heavy atom. The first-order valence-corrected chi connectivity index (χ1v) is 9.93. The quantitative estimate of drug-likeness (QED) is 0.596. The summed E-state index contributed by atoms with van der Waals surface area (Å²) >= 11 is 0. The zero-order chi connectivity index (χ0) is 20.6. The summed E-state index contributed by atoms with van der Waals surface area (Å²) in [4.78, 5) is 39.6. The molecule has 1 aromatic heterocycles. The van der Waals surface area contributed by atoms with Gasteiger partial charge in [-0.05, 0) is 49.1 Å². The van der Waals surface area contributed by atoms with E-state index in [1.54, 1.807) is 30.3 Å². The van der Waals surface area contributed by atoms with Gasteiger partial charge in [0.15, 0.2) is 0 Å². The Morgan fingerprint density at radius 3 is 2.62 bits per heavy atom. The SMILES string of the molecule is Cc1ccc(C(=O)NCCC2CCCC2)cc1C(=O)Nc1ccc(NC=O)nc1. The molecule has 7 heteroatoms. The summed E-state index contributed by atoms with van der Waals surface area (Å²) in [5.74, 6) is 0.630. The molecule has 7 nitrogen and oxygen atoms in total. The zero-order valence-electron chi connectivity index (χ0n) is 16.5. The Morgan fingerprint density at radius 1 is 1.14 bits per heavy atom. The second-order valence-corrected chi connectivity index (χ2v) is 7.37. The highest BCUT2D eigenvalue weighted by Gasteiger charge is 2.16. The second-order valence-electron chi connectivity index (χ2n) is 7.37. The van der Waals surface area contributed by atoms with Crippen LogP contribution in [0.25, 0.3) is 0 Å². The molecule has 0 saturated heterocycles. The maximum Gasteiger partial charge on any atom is 0.255 e. The van der Waals surface area contributed by atoms with Crippen LogP contribution in [0.15, 0.2) is 36.5 Å². The third kappa shape index (κ3) is 5.63. The van der Waals surface area contributed by atoms with Crippen LogP contribution in [0.2, 0.25) is 0 Å². The van der Waals surface area contributed by atoms with Crippen molar-refractivity contribution in [2.75, 3.05) is 17.2 Å². The number of anilines is 2. The summed E-state index contributed by atoms with van der Waals surface area (Å²) in [6, 6.07) is 8.36. The van der Waals surface area contributed by atoms with E-state index in [2.05, 4.69) is 20.9 Å². The van der Waals surface area contributed by atoms with Crippen LogP contribution in [-0.2, 0) is 4.79 Å². The van der Waals surface area contributed by atoms with Crippen LogP contribution in [0.5, 0.6) is 0 Å². The van der Waals surface area contributed by atoms with Crippen LogP contribution in [0, 0.1) is 12.8 Å². The molecule has 0 unspecified atom stereocenters. The summed E-state index contributed by atoms with van der Waals surface area (Å²) in [6.07, 6.45) is 8.10. The highest BCUT2D eigenvalue weighted by molar-refractivity contribution is 6.07. The van der Waals surface area contributed by atoms with Crippen molar-refractivity contribution in [2.45, 2.75) is 39.0 Å². The lowest BCUT2D eigenvalue weighted by Crippen LogP contribution is -2.26. The topological polar surface area (TPSA) is 100 Å². The van der Waals surface area contributed by atoms with Gasteiger partial charge in [0.2, 0.25) is 6.41 Å².